The second-order valence-electron chi connectivity index (χ2n) is 8.37. The first kappa shape index (κ1) is 24.2. The zero-order chi connectivity index (χ0) is 24.9. The minimum Gasteiger partial charge on any atom is -0.490 e. The summed E-state index contributed by atoms with van der Waals surface area (Å²) in [5.74, 6) is 0.605. The lowest BCUT2D eigenvalue weighted by Crippen LogP contribution is -2.30. The molecule has 0 bridgehead atoms. The van der Waals surface area contributed by atoms with Gasteiger partial charge in [-0.15, -0.1) is 0 Å². The zero-order valence-electron chi connectivity index (χ0n) is 19.8. The molecule has 5 rings (SSSR count). The maximum absolute atomic E-state index is 6.62. The largest absolute Gasteiger partial charge is 0.490 e. The molecule has 1 saturated heterocycles. The fourth-order valence-corrected chi connectivity index (χ4v) is 5.03. The Labute approximate surface area is 220 Å². The Morgan fingerprint density at radius 1 is 1.06 bits per heavy atom. The van der Waals surface area contributed by atoms with Crippen molar-refractivity contribution in [2.45, 2.75) is 18.6 Å². The van der Waals surface area contributed by atoms with E-state index in [1.165, 1.54) is 0 Å². The van der Waals surface area contributed by atoms with Gasteiger partial charge in [0.25, 0.3) is 0 Å². The summed E-state index contributed by atoms with van der Waals surface area (Å²) in [5, 5.41) is 4.62. The third-order valence-electron chi connectivity index (χ3n) is 6.08. The number of halogens is 1. The highest BCUT2D eigenvalue weighted by atomic mass is 35.5. The summed E-state index contributed by atoms with van der Waals surface area (Å²) in [6, 6.07) is 19.6. The fraction of sp³-hybridized carbons (Fsp3) is 0.222. The predicted molar refractivity (Wildman–Crippen MR) is 145 cm³/mol. The van der Waals surface area contributed by atoms with E-state index in [2.05, 4.69) is 49.1 Å². The number of thiocarbonyl (C=S) groups is 1. The third-order valence-corrected chi connectivity index (χ3v) is 6.69. The van der Waals surface area contributed by atoms with Gasteiger partial charge >= 0.3 is 0 Å². The molecule has 1 aromatic carbocycles. The smallest absolute Gasteiger partial charge is 0.174 e. The molecule has 7 nitrogen and oxygen atoms in total. The Kier molecular flexibility index (Phi) is 7.46. The molecule has 4 heterocycles. The van der Waals surface area contributed by atoms with E-state index in [1.807, 2.05) is 48.7 Å². The number of hydrogen-bond acceptors (Lipinski definition) is 5. The average Bonchev–Trinajstić information content (AvgIpc) is 3.49. The van der Waals surface area contributed by atoms with Gasteiger partial charge in [0.1, 0.15) is 18.4 Å². The molecular formula is C27H26ClN5O2S. The van der Waals surface area contributed by atoms with Crippen molar-refractivity contribution >= 4 is 34.6 Å². The van der Waals surface area contributed by atoms with Crippen LogP contribution in [-0.4, -0.2) is 40.0 Å². The van der Waals surface area contributed by atoms with Crippen molar-refractivity contribution in [3.63, 3.8) is 0 Å². The molecule has 184 valence electrons. The van der Waals surface area contributed by atoms with Crippen LogP contribution in [0.15, 0.2) is 85.5 Å². The van der Waals surface area contributed by atoms with Crippen LogP contribution in [0.4, 0.5) is 5.69 Å². The van der Waals surface area contributed by atoms with Gasteiger partial charge in [0.15, 0.2) is 5.11 Å². The van der Waals surface area contributed by atoms with Gasteiger partial charge in [0.05, 0.1) is 23.4 Å². The van der Waals surface area contributed by atoms with Gasteiger partial charge in [-0.1, -0.05) is 23.7 Å². The van der Waals surface area contributed by atoms with E-state index in [-0.39, 0.29) is 12.1 Å². The summed E-state index contributed by atoms with van der Waals surface area (Å²) in [7, 11) is 1.64. The van der Waals surface area contributed by atoms with E-state index in [1.54, 1.807) is 19.5 Å². The van der Waals surface area contributed by atoms with Gasteiger partial charge in [-0.05, 0) is 66.3 Å². The topological polar surface area (TPSA) is 64.4 Å². The summed E-state index contributed by atoms with van der Waals surface area (Å²) in [4.78, 5) is 11.0. The van der Waals surface area contributed by atoms with Gasteiger partial charge in [-0.2, -0.15) is 0 Å². The molecule has 1 aliphatic rings. The fourth-order valence-electron chi connectivity index (χ4n) is 4.45. The van der Waals surface area contributed by atoms with Crippen molar-refractivity contribution in [1.82, 2.24) is 19.9 Å². The standard InChI is InChI=1S/C27H26ClN5O2S/c1-34-14-15-35-24-10-9-20(16-21(24)28)33-26(25(31-27(33)36)22-7-2-3-12-30-22)23-8-5-13-32(23)18-19-6-4-11-29-17-19/h2-13,16-17,25-26H,14-15,18H2,1H3,(H,31,36)/t25-,26-/m1/s1. The van der Waals surface area contributed by atoms with Gasteiger partial charge in [-0.3, -0.25) is 9.97 Å². The molecule has 36 heavy (non-hydrogen) atoms. The van der Waals surface area contributed by atoms with Crippen LogP contribution in [0, 0.1) is 0 Å². The van der Waals surface area contributed by atoms with Crippen molar-refractivity contribution in [2.75, 3.05) is 25.2 Å². The molecule has 4 aromatic rings. The second kappa shape index (κ2) is 11.1. The second-order valence-corrected chi connectivity index (χ2v) is 9.17. The molecular weight excluding hydrogens is 494 g/mol. The lowest BCUT2D eigenvalue weighted by Gasteiger charge is -2.29. The predicted octanol–water partition coefficient (Wildman–Crippen LogP) is 5.18. The Morgan fingerprint density at radius 3 is 2.72 bits per heavy atom. The number of nitrogens with zero attached hydrogens (tertiary/aromatic N) is 4. The first-order valence-corrected chi connectivity index (χ1v) is 12.4. The maximum Gasteiger partial charge on any atom is 0.174 e. The quantitative estimate of drug-likeness (QED) is 0.241. The van der Waals surface area contributed by atoms with E-state index in [4.69, 9.17) is 33.3 Å². The lowest BCUT2D eigenvalue weighted by molar-refractivity contribution is 0.146. The third kappa shape index (κ3) is 5.06. The Hall–Kier alpha value is -3.46. The summed E-state index contributed by atoms with van der Waals surface area (Å²) in [5.41, 5.74) is 3.99. The first-order valence-electron chi connectivity index (χ1n) is 11.6. The number of rotatable bonds is 9. The van der Waals surface area contributed by atoms with Crippen molar-refractivity contribution < 1.29 is 9.47 Å². The van der Waals surface area contributed by atoms with Crippen molar-refractivity contribution in [1.29, 1.82) is 0 Å². The van der Waals surface area contributed by atoms with Crippen LogP contribution < -0.4 is 15.0 Å². The number of ether oxygens (including phenoxy) is 2. The van der Waals surface area contributed by atoms with Gasteiger partial charge in [0, 0.05) is 49.8 Å². The van der Waals surface area contributed by atoms with E-state index in [9.17, 15) is 0 Å². The number of anilines is 1. The van der Waals surface area contributed by atoms with Crippen molar-refractivity contribution in [3.8, 4) is 5.75 Å². The number of pyridine rings is 2. The molecule has 1 N–H and O–H groups in total. The number of benzene rings is 1. The SMILES string of the molecule is COCCOc1ccc(N2C(=S)N[C@H](c3ccccn3)[C@H]2c2cccn2Cc2cccnc2)cc1Cl. The summed E-state index contributed by atoms with van der Waals surface area (Å²) in [6.45, 7) is 1.60. The first-order chi connectivity index (χ1) is 17.7. The maximum atomic E-state index is 6.62. The minimum absolute atomic E-state index is 0.155. The Morgan fingerprint density at radius 2 is 1.97 bits per heavy atom. The Balaban J connectivity index is 1.53. The number of methoxy groups -OCH3 is 1. The number of hydrogen-bond donors (Lipinski definition) is 1. The van der Waals surface area contributed by atoms with Crippen molar-refractivity contribution in [2.24, 2.45) is 0 Å². The van der Waals surface area contributed by atoms with E-state index >= 15 is 0 Å². The van der Waals surface area contributed by atoms with Crippen LogP contribution in [0.1, 0.15) is 29.0 Å². The van der Waals surface area contributed by atoms with E-state index < -0.39 is 0 Å². The number of nitrogens with one attached hydrogen (secondary N) is 1. The minimum atomic E-state index is -0.157. The van der Waals surface area contributed by atoms with Crippen LogP contribution in [0.5, 0.6) is 5.75 Å². The van der Waals surface area contributed by atoms with Crippen LogP contribution in [0.3, 0.4) is 0 Å². The molecule has 0 spiro atoms. The van der Waals surface area contributed by atoms with E-state index in [0.717, 1.165) is 22.6 Å². The summed E-state index contributed by atoms with van der Waals surface area (Å²) < 4.78 is 13.1. The van der Waals surface area contributed by atoms with Gasteiger partial charge in [-0.25, -0.2) is 0 Å². The highest BCUT2D eigenvalue weighted by Crippen LogP contribution is 2.43. The van der Waals surface area contributed by atoms with Crippen LogP contribution in [-0.2, 0) is 11.3 Å². The molecule has 9 heteroatoms. The molecule has 0 saturated carbocycles. The monoisotopic (exact) mass is 519 g/mol. The Bertz CT molecular complexity index is 1320. The van der Waals surface area contributed by atoms with Crippen LogP contribution in [0.2, 0.25) is 5.02 Å². The summed E-state index contributed by atoms with van der Waals surface area (Å²) in [6.07, 6.45) is 7.55. The highest BCUT2D eigenvalue weighted by Gasteiger charge is 2.42. The molecule has 1 fully saturated rings. The molecule has 3 aromatic heterocycles. The molecule has 2 atom stereocenters. The van der Waals surface area contributed by atoms with Crippen LogP contribution in [0.25, 0.3) is 0 Å². The zero-order valence-corrected chi connectivity index (χ0v) is 21.3. The molecule has 1 aliphatic heterocycles. The molecule has 0 unspecified atom stereocenters. The average molecular weight is 520 g/mol. The molecule has 0 amide bonds. The summed E-state index contributed by atoms with van der Waals surface area (Å²) >= 11 is 12.5. The molecule has 0 radical (unpaired) electrons. The lowest BCUT2D eigenvalue weighted by atomic mass is 10.0. The highest BCUT2D eigenvalue weighted by molar-refractivity contribution is 7.80. The van der Waals surface area contributed by atoms with Gasteiger partial charge < -0.3 is 24.3 Å². The number of aromatic nitrogens is 3. The molecule has 0 aliphatic carbocycles. The van der Waals surface area contributed by atoms with Crippen molar-refractivity contribution in [3.05, 3.63) is 107 Å². The van der Waals surface area contributed by atoms with E-state index in [0.29, 0.717) is 35.6 Å². The van der Waals surface area contributed by atoms with Gasteiger partial charge in [0.2, 0.25) is 0 Å². The van der Waals surface area contributed by atoms with Crippen LogP contribution >= 0.6 is 23.8 Å². The normalized spacial score (nSPS) is 17.3.